The van der Waals surface area contributed by atoms with Crippen molar-refractivity contribution in [3.8, 4) is 0 Å². The molecular weight excluding hydrogens is 1150 g/mol. The summed E-state index contributed by atoms with van der Waals surface area (Å²) in [5.41, 5.74) is -0.440. The molecule has 0 spiro atoms. The van der Waals surface area contributed by atoms with E-state index in [0.717, 1.165) is 76.3 Å². The Kier molecular flexibility index (Phi) is 29.9. The molecule has 2 aromatic carbocycles. The van der Waals surface area contributed by atoms with Crippen LogP contribution in [0.5, 0.6) is 0 Å². The summed E-state index contributed by atoms with van der Waals surface area (Å²) in [7, 11) is -10.3. The number of hydrogen-bond acceptors (Lipinski definition) is 22. The summed E-state index contributed by atoms with van der Waals surface area (Å²) >= 11 is 0. The smallest absolute Gasteiger partial charge is 0.744 e. The van der Waals surface area contributed by atoms with E-state index in [4.69, 9.17) is 19.4 Å². The largest absolute Gasteiger partial charge is 1.00 e. The van der Waals surface area contributed by atoms with Gasteiger partial charge in [0.2, 0.25) is 35.7 Å². The van der Waals surface area contributed by atoms with Gasteiger partial charge in [-0.15, -0.1) is 0 Å². The van der Waals surface area contributed by atoms with E-state index in [-0.39, 0.29) is 140 Å². The number of benzene rings is 2. The van der Waals surface area contributed by atoms with Crippen molar-refractivity contribution in [2.24, 2.45) is 11.8 Å². The molecule has 2 fully saturated rings. The molecule has 4 heterocycles. The van der Waals surface area contributed by atoms with Crippen molar-refractivity contribution in [2.75, 3.05) is 71.4 Å². The van der Waals surface area contributed by atoms with Crippen molar-refractivity contribution < 1.29 is 94.5 Å². The molecule has 4 aromatic rings. The first-order chi connectivity index (χ1) is 39.5. The number of hydrogen-bond donors (Lipinski definition) is 8. The summed E-state index contributed by atoms with van der Waals surface area (Å²) in [6.07, 6.45) is 16.2. The molecule has 6 rings (SSSR count). The molecule has 2 saturated heterocycles. The predicted molar refractivity (Wildman–Crippen MR) is 334 cm³/mol. The molecule has 26 heteroatoms. The Labute approximate surface area is 557 Å². The Balaban J connectivity index is 0.00000792. The van der Waals surface area contributed by atoms with Gasteiger partial charge in [0.1, 0.15) is 20.2 Å². The summed E-state index contributed by atoms with van der Waals surface area (Å²) in [5, 5.41) is 27.1. The van der Waals surface area contributed by atoms with Gasteiger partial charge in [0.15, 0.2) is 0 Å². The third kappa shape index (κ3) is 25.5. The first-order valence-electron chi connectivity index (χ1n) is 30.2. The van der Waals surface area contributed by atoms with Crippen LogP contribution in [0.1, 0.15) is 184 Å². The molecule has 0 bridgehead atoms. The van der Waals surface area contributed by atoms with E-state index in [2.05, 4.69) is 146 Å². The first kappa shape index (κ1) is 75.1. The number of aromatic nitrogens is 6. The van der Waals surface area contributed by atoms with Crippen LogP contribution in [-0.2, 0) is 29.7 Å². The molecule has 22 nitrogen and oxygen atoms in total. The van der Waals surface area contributed by atoms with E-state index >= 15 is 0 Å². The molecule has 86 heavy (non-hydrogen) atoms. The van der Waals surface area contributed by atoms with Crippen molar-refractivity contribution in [1.82, 2.24) is 40.5 Å². The number of nitrogens with one attached hydrogen (secondary N) is 8. The molecule has 468 valence electrons. The SMILES string of the molecule is CCCCC(CC)COCCCNc1nc(Nc2ccc(C=Cc3ccc(Nc4nc(NCCCOCC(CC)CCCC)nc(NC5CC(C)(C)NC(C)(C)C5)n4)cc3S(=O)(=O)[O-])c(S(=O)(=O)[O-])c2)nc(NC2CC(C)(C)NC(C)(C)C2)n1.[Na+].[Na+]. The van der Waals surface area contributed by atoms with Gasteiger partial charge in [-0.2, -0.15) is 29.9 Å². The van der Waals surface area contributed by atoms with Crippen LogP contribution in [0.25, 0.3) is 12.2 Å². The molecule has 0 saturated carbocycles. The van der Waals surface area contributed by atoms with Crippen LogP contribution in [0, 0.1) is 11.8 Å². The Morgan fingerprint density at radius 2 is 0.872 bits per heavy atom. The fourth-order valence-electron chi connectivity index (χ4n) is 11.8. The van der Waals surface area contributed by atoms with E-state index in [1.807, 2.05) is 0 Å². The van der Waals surface area contributed by atoms with E-state index in [1.54, 1.807) is 0 Å². The topological polar surface area (TPSA) is 306 Å². The zero-order valence-corrected chi connectivity index (χ0v) is 59.5. The van der Waals surface area contributed by atoms with Crippen LogP contribution in [0.15, 0.2) is 46.2 Å². The van der Waals surface area contributed by atoms with Crippen molar-refractivity contribution in [1.29, 1.82) is 0 Å². The van der Waals surface area contributed by atoms with Crippen molar-refractivity contribution in [2.45, 2.75) is 217 Å². The van der Waals surface area contributed by atoms with Gasteiger partial charge < -0.3 is 61.1 Å². The Bertz CT molecular complexity index is 2800. The summed E-state index contributed by atoms with van der Waals surface area (Å²) in [6.45, 7) is 29.6. The predicted octanol–water partition coefficient (Wildman–Crippen LogP) is 5.04. The van der Waals surface area contributed by atoms with Crippen LogP contribution < -0.4 is 102 Å². The summed E-state index contributed by atoms with van der Waals surface area (Å²) in [6, 6.07) is 8.18. The molecule has 0 amide bonds. The minimum Gasteiger partial charge on any atom is -0.744 e. The van der Waals surface area contributed by atoms with Gasteiger partial charge in [-0.05, 0) is 154 Å². The molecule has 2 aromatic heterocycles. The maximum Gasteiger partial charge on any atom is 1.00 e. The number of rotatable bonds is 34. The van der Waals surface area contributed by atoms with Gasteiger partial charge in [0.05, 0.1) is 9.79 Å². The molecule has 2 aliphatic heterocycles. The van der Waals surface area contributed by atoms with Gasteiger partial charge in [0, 0.05) is 85.1 Å². The Hall–Kier alpha value is -3.34. The summed E-state index contributed by atoms with van der Waals surface area (Å²) in [4.78, 5) is 26.8. The van der Waals surface area contributed by atoms with Gasteiger partial charge >= 0.3 is 59.1 Å². The third-order valence-electron chi connectivity index (χ3n) is 15.1. The first-order valence-corrected chi connectivity index (χ1v) is 33.1. The number of unbranched alkanes of at least 4 members (excludes halogenated alkanes) is 2. The average molecular weight is 1250 g/mol. The minimum atomic E-state index is -5.13. The molecule has 2 atom stereocenters. The number of ether oxygens (including phenoxy) is 2. The quantitative estimate of drug-likeness (QED) is 0.0131. The zero-order chi connectivity index (χ0) is 61.4. The third-order valence-corrected chi connectivity index (χ3v) is 16.9. The summed E-state index contributed by atoms with van der Waals surface area (Å²) in [5.74, 6) is 2.40. The van der Waals surface area contributed by atoms with Crippen LogP contribution >= 0.6 is 0 Å². The van der Waals surface area contributed by atoms with E-state index in [1.165, 1.54) is 49.3 Å². The van der Waals surface area contributed by atoms with E-state index in [0.29, 0.717) is 76.1 Å². The molecular formula is C60H96N14Na2O8S2. The molecule has 8 N–H and O–H groups in total. The molecule has 0 aliphatic carbocycles. The molecule has 0 radical (unpaired) electrons. The summed E-state index contributed by atoms with van der Waals surface area (Å²) < 4.78 is 89.7. The minimum absolute atomic E-state index is 0. The maximum absolute atomic E-state index is 12.9. The van der Waals surface area contributed by atoms with Crippen molar-refractivity contribution >= 4 is 79.5 Å². The van der Waals surface area contributed by atoms with Crippen LogP contribution in [-0.4, -0.2) is 130 Å². The van der Waals surface area contributed by atoms with Gasteiger partial charge in [0.25, 0.3) is 0 Å². The second-order valence-electron chi connectivity index (χ2n) is 25.4. The fraction of sp³-hybridized carbons (Fsp3) is 0.667. The van der Waals surface area contributed by atoms with Crippen molar-refractivity contribution in [3.63, 3.8) is 0 Å². The number of anilines is 8. The Morgan fingerprint density at radius 1 is 0.535 bits per heavy atom. The van der Waals surface area contributed by atoms with Gasteiger partial charge in [-0.1, -0.05) is 90.5 Å². The van der Waals surface area contributed by atoms with Crippen LogP contribution in [0.3, 0.4) is 0 Å². The van der Waals surface area contributed by atoms with Crippen LogP contribution in [0.4, 0.5) is 47.1 Å². The molecule has 2 aliphatic rings. The van der Waals surface area contributed by atoms with Gasteiger partial charge in [-0.3, -0.25) is 0 Å². The Morgan fingerprint density at radius 3 is 1.20 bits per heavy atom. The fourth-order valence-corrected chi connectivity index (χ4v) is 13.2. The standard InChI is InChI=1S/C60H98N14O8S2.2Na/c1-13-17-21-41(15-3)39-81-31-19-29-61-51-67-53(71-55(69-51)65-47-35-57(5,6)73-58(7,8)36-47)63-45-27-25-43(49(33-45)83(75,76)77)23-24-44-26-28-46(34-50(44)84(78,79)80)64-54-68-52(62-30-20-32-82-40-42(16-4)22-18-14-2)70-56(72-54)66-48-37-59(9,10)74-60(11,12)38-48;;/h23-28,33-34,41-42,47-48,73-74H,13-22,29-32,35-40H2,1-12H3,(H,75,76,77)(H,78,79,80)(H3,61,63,65,67,69,71)(H3,62,64,66,68,70,72);;/q;2*+1/p-2. The molecule has 2 unspecified atom stereocenters. The normalized spacial score (nSPS) is 17.4. The average Bonchev–Trinajstić information content (AvgIpc) is 1.30. The monoisotopic (exact) mass is 1250 g/mol. The van der Waals surface area contributed by atoms with Gasteiger partial charge in [-0.25, -0.2) is 16.8 Å². The number of nitrogens with zero attached hydrogens (tertiary/aromatic N) is 6. The second-order valence-corrected chi connectivity index (χ2v) is 28.1. The zero-order valence-electron chi connectivity index (χ0n) is 53.8. The van der Waals surface area contributed by atoms with Crippen LogP contribution in [0.2, 0.25) is 0 Å². The van der Waals surface area contributed by atoms with Crippen molar-refractivity contribution in [3.05, 3.63) is 47.5 Å². The van der Waals surface area contributed by atoms with E-state index < -0.39 is 30.0 Å². The maximum atomic E-state index is 12.9. The van der Waals surface area contributed by atoms with E-state index in [9.17, 15) is 25.9 Å². The number of piperidine rings is 2. The second kappa shape index (κ2) is 34.2.